The molecule has 0 radical (unpaired) electrons. The molecule has 2 aromatic carbocycles. The van der Waals surface area contributed by atoms with Crippen molar-refractivity contribution in [3.63, 3.8) is 0 Å². The highest BCUT2D eigenvalue weighted by molar-refractivity contribution is 5.96. The summed E-state index contributed by atoms with van der Waals surface area (Å²) in [7, 11) is 3.10. The summed E-state index contributed by atoms with van der Waals surface area (Å²) >= 11 is 0. The Balaban J connectivity index is 1.78. The number of aromatic amines is 1. The number of nitrogens with zero attached hydrogens (tertiary/aromatic N) is 2. The number of hydrogen-bond donors (Lipinski definition) is 4. The Hall–Kier alpha value is -4.01. The van der Waals surface area contributed by atoms with Crippen LogP contribution in [-0.4, -0.2) is 46.8 Å². The van der Waals surface area contributed by atoms with Crippen molar-refractivity contribution >= 4 is 12.1 Å². The topological polar surface area (TPSA) is 129 Å². The highest BCUT2D eigenvalue weighted by Gasteiger charge is 2.11. The van der Waals surface area contributed by atoms with Crippen LogP contribution in [0.3, 0.4) is 0 Å². The molecule has 0 fully saturated rings. The number of H-pyrrole nitrogens is 1. The van der Waals surface area contributed by atoms with Gasteiger partial charge in [-0.1, -0.05) is 0 Å². The molecular weight excluding hydrogens is 364 g/mol. The first kappa shape index (κ1) is 18.8. The first-order chi connectivity index (χ1) is 13.5. The van der Waals surface area contributed by atoms with Crippen molar-refractivity contribution in [2.45, 2.75) is 0 Å². The number of aromatic hydroxyl groups is 2. The first-order valence-corrected chi connectivity index (χ1v) is 8.14. The van der Waals surface area contributed by atoms with E-state index >= 15 is 0 Å². The highest BCUT2D eigenvalue weighted by atomic mass is 16.5. The number of carbonyl (C=O) groups is 1. The lowest BCUT2D eigenvalue weighted by Gasteiger charge is -2.09. The fourth-order valence-electron chi connectivity index (χ4n) is 2.57. The van der Waals surface area contributed by atoms with Gasteiger partial charge in [0, 0.05) is 22.8 Å². The van der Waals surface area contributed by atoms with Crippen LogP contribution in [0.1, 0.15) is 15.9 Å². The SMILES string of the molecule is COc1ccc(-c2[nH]ncc2/C=N/NC(=O)c2cc(O)cc(O)c2)cc1OC. The third-order valence-electron chi connectivity index (χ3n) is 3.88. The molecule has 28 heavy (non-hydrogen) atoms. The van der Waals surface area contributed by atoms with Crippen molar-refractivity contribution in [3.8, 4) is 34.3 Å². The molecule has 3 rings (SSSR count). The number of nitrogens with one attached hydrogen (secondary N) is 2. The number of phenols is 2. The van der Waals surface area contributed by atoms with E-state index in [9.17, 15) is 15.0 Å². The van der Waals surface area contributed by atoms with Gasteiger partial charge in [0.15, 0.2) is 11.5 Å². The summed E-state index contributed by atoms with van der Waals surface area (Å²) in [5.41, 5.74) is 4.50. The Labute approximate surface area is 160 Å². The fourth-order valence-corrected chi connectivity index (χ4v) is 2.57. The molecule has 3 aromatic rings. The third kappa shape index (κ3) is 4.04. The maximum absolute atomic E-state index is 12.1. The summed E-state index contributed by atoms with van der Waals surface area (Å²) < 4.78 is 10.5. The van der Waals surface area contributed by atoms with Crippen molar-refractivity contribution in [1.29, 1.82) is 0 Å². The normalized spacial score (nSPS) is 10.8. The number of phenolic OH excluding ortho intramolecular Hbond substituents is 2. The summed E-state index contributed by atoms with van der Waals surface area (Å²) in [6.07, 6.45) is 2.98. The number of rotatable bonds is 6. The number of hydrogen-bond acceptors (Lipinski definition) is 7. The van der Waals surface area contributed by atoms with E-state index in [0.29, 0.717) is 22.8 Å². The molecular formula is C19H18N4O5. The quantitative estimate of drug-likeness (QED) is 0.382. The van der Waals surface area contributed by atoms with Gasteiger partial charge in [-0.05, 0) is 30.3 Å². The van der Waals surface area contributed by atoms with E-state index in [1.807, 2.05) is 6.07 Å². The minimum atomic E-state index is -0.585. The summed E-state index contributed by atoms with van der Waals surface area (Å²) in [5, 5.41) is 29.7. The lowest BCUT2D eigenvalue weighted by atomic mass is 10.1. The van der Waals surface area contributed by atoms with Crippen LogP contribution in [0.4, 0.5) is 0 Å². The Morgan fingerprint density at radius 2 is 1.82 bits per heavy atom. The van der Waals surface area contributed by atoms with Gasteiger partial charge >= 0.3 is 0 Å². The Morgan fingerprint density at radius 1 is 1.11 bits per heavy atom. The minimum absolute atomic E-state index is 0.0713. The van der Waals surface area contributed by atoms with Gasteiger partial charge in [0.1, 0.15) is 11.5 Å². The fraction of sp³-hybridized carbons (Fsp3) is 0.105. The van der Waals surface area contributed by atoms with E-state index in [1.165, 1.54) is 18.3 Å². The standard InChI is InChI=1S/C19H18N4O5/c1-27-16-4-3-11(7-17(16)28-2)18-13(9-20-22-18)10-21-23-19(26)12-5-14(24)8-15(25)6-12/h3-10,24-25H,1-2H3,(H,20,22)(H,23,26)/b21-10+. The number of aromatic nitrogens is 2. The molecule has 0 bridgehead atoms. The molecule has 0 aliphatic rings. The molecule has 0 atom stereocenters. The smallest absolute Gasteiger partial charge is 0.271 e. The molecule has 9 nitrogen and oxygen atoms in total. The van der Waals surface area contributed by atoms with Crippen LogP contribution in [0, 0.1) is 0 Å². The lowest BCUT2D eigenvalue weighted by molar-refractivity contribution is 0.0954. The zero-order valence-corrected chi connectivity index (χ0v) is 15.1. The maximum atomic E-state index is 12.1. The van der Waals surface area contributed by atoms with Gasteiger partial charge in [0.2, 0.25) is 0 Å². The van der Waals surface area contributed by atoms with E-state index in [4.69, 9.17) is 9.47 Å². The van der Waals surface area contributed by atoms with Crippen molar-refractivity contribution in [2.24, 2.45) is 5.10 Å². The van der Waals surface area contributed by atoms with Crippen molar-refractivity contribution < 1.29 is 24.5 Å². The zero-order chi connectivity index (χ0) is 20.1. The van der Waals surface area contributed by atoms with Crippen molar-refractivity contribution in [3.05, 3.63) is 53.7 Å². The number of hydrazone groups is 1. The summed E-state index contributed by atoms with van der Waals surface area (Å²) in [6.45, 7) is 0. The second-order valence-corrected chi connectivity index (χ2v) is 5.71. The minimum Gasteiger partial charge on any atom is -0.508 e. The van der Waals surface area contributed by atoms with Crippen LogP contribution in [-0.2, 0) is 0 Å². The van der Waals surface area contributed by atoms with Gasteiger partial charge in [-0.15, -0.1) is 0 Å². The van der Waals surface area contributed by atoms with Crippen LogP contribution in [0.25, 0.3) is 11.3 Å². The molecule has 0 saturated heterocycles. The van der Waals surface area contributed by atoms with Crippen LogP contribution in [0.5, 0.6) is 23.0 Å². The van der Waals surface area contributed by atoms with Crippen LogP contribution >= 0.6 is 0 Å². The van der Waals surface area contributed by atoms with E-state index in [1.54, 1.807) is 32.5 Å². The predicted octanol–water partition coefficient (Wildman–Crippen LogP) is 2.27. The number of amides is 1. The second-order valence-electron chi connectivity index (χ2n) is 5.71. The van der Waals surface area contributed by atoms with E-state index in [0.717, 1.165) is 11.6 Å². The summed E-state index contributed by atoms with van der Waals surface area (Å²) in [4.78, 5) is 12.1. The summed E-state index contributed by atoms with van der Waals surface area (Å²) in [5.74, 6) is 0.134. The molecule has 144 valence electrons. The van der Waals surface area contributed by atoms with Gasteiger partial charge in [0.05, 0.1) is 32.3 Å². The Bertz CT molecular complexity index is 1010. The van der Waals surface area contributed by atoms with Gasteiger partial charge in [-0.2, -0.15) is 10.2 Å². The van der Waals surface area contributed by atoms with Crippen molar-refractivity contribution in [2.75, 3.05) is 14.2 Å². The molecule has 0 unspecified atom stereocenters. The summed E-state index contributed by atoms with van der Waals surface area (Å²) in [6, 6.07) is 8.96. The molecule has 9 heteroatoms. The van der Waals surface area contributed by atoms with Gasteiger partial charge < -0.3 is 19.7 Å². The molecule has 4 N–H and O–H groups in total. The van der Waals surface area contributed by atoms with Crippen molar-refractivity contribution in [1.82, 2.24) is 15.6 Å². The average molecular weight is 382 g/mol. The molecule has 1 heterocycles. The second kappa shape index (κ2) is 8.12. The number of benzene rings is 2. The van der Waals surface area contributed by atoms with Crippen LogP contribution in [0.2, 0.25) is 0 Å². The van der Waals surface area contributed by atoms with E-state index in [-0.39, 0.29) is 17.1 Å². The largest absolute Gasteiger partial charge is 0.508 e. The van der Waals surface area contributed by atoms with E-state index in [2.05, 4.69) is 20.7 Å². The van der Waals surface area contributed by atoms with E-state index < -0.39 is 5.91 Å². The average Bonchev–Trinajstić information content (AvgIpc) is 3.15. The molecule has 1 amide bonds. The molecule has 0 saturated carbocycles. The monoisotopic (exact) mass is 382 g/mol. The van der Waals surface area contributed by atoms with Gasteiger partial charge in [0.25, 0.3) is 5.91 Å². The molecule has 1 aromatic heterocycles. The Morgan fingerprint density at radius 3 is 2.50 bits per heavy atom. The predicted molar refractivity (Wildman–Crippen MR) is 102 cm³/mol. The lowest BCUT2D eigenvalue weighted by Crippen LogP contribution is -2.17. The highest BCUT2D eigenvalue weighted by Crippen LogP contribution is 2.32. The molecule has 0 aliphatic carbocycles. The molecule has 0 aliphatic heterocycles. The zero-order valence-electron chi connectivity index (χ0n) is 15.1. The number of methoxy groups -OCH3 is 2. The van der Waals surface area contributed by atoms with Gasteiger partial charge in [-0.25, -0.2) is 5.43 Å². The Kier molecular flexibility index (Phi) is 5.45. The van der Waals surface area contributed by atoms with Crippen LogP contribution in [0.15, 0.2) is 47.7 Å². The van der Waals surface area contributed by atoms with Crippen LogP contribution < -0.4 is 14.9 Å². The first-order valence-electron chi connectivity index (χ1n) is 8.14. The maximum Gasteiger partial charge on any atom is 0.271 e. The molecule has 0 spiro atoms. The number of ether oxygens (including phenoxy) is 2. The van der Waals surface area contributed by atoms with Gasteiger partial charge in [-0.3, -0.25) is 9.89 Å². The number of carbonyl (C=O) groups excluding carboxylic acids is 1. The third-order valence-corrected chi connectivity index (χ3v) is 3.88.